The minimum Gasteiger partial charge on any atom is -0.326 e. The van der Waals surface area contributed by atoms with Crippen molar-refractivity contribution in [3.63, 3.8) is 0 Å². The van der Waals surface area contributed by atoms with Crippen LogP contribution in [0.2, 0.25) is 0 Å². The van der Waals surface area contributed by atoms with E-state index in [1.165, 1.54) is 6.42 Å². The lowest BCUT2D eigenvalue weighted by atomic mass is 10.1. The van der Waals surface area contributed by atoms with Crippen LogP contribution in [0.15, 0.2) is 0 Å². The van der Waals surface area contributed by atoms with Crippen molar-refractivity contribution in [2.45, 2.75) is 65.6 Å². The Morgan fingerprint density at radius 2 is 2.12 bits per heavy atom. The molecule has 1 aliphatic rings. The third-order valence-corrected chi connectivity index (χ3v) is 3.21. The molecule has 0 spiro atoms. The molecule has 0 bridgehead atoms. The van der Waals surface area contributed by atoms with Crippen LogP contribution in [0, 0.1) is 5.92 Å². The summed E-state index contributed by atoms with van der Waals surface area (Å²) in [6, 6.07) is 0.00981. The van der Waals surface area contributed by atoms with Crippen molar-refractivity contribution in [3.8, 4) is 0 Å². The lowest BCUT2D eigenvalue weighted by Gasteiger charge is -2.24. The van der Waals surface area contributed by atoms with Crippen molar-refractivity contribution >= 4 is 5.91 Å². The molecule has 0 radical (unpaired) electrons. The summed E-state index contributed by atoms with van der Waals surface area (Å²) in [6.07, 6.45) is 4.80. The highest BCUT2D eigenvalue weighted by atomic mass is 16.2. The minimum atomic E-state index is 0.00981. The molecule has 1 N–H and O–H groups in total. The molecule has 0 aromatic carbocycles. The van der Waals surface area contributed by atoms with Gasteiger partial charge in [-0.2, -0.15) is 0 Å². The van der Waals surface area contributed by atoms with Crippen molar-refractivity contribution in [2.24, 2.45) is 5.92 Å². The Morgan fingerprint density at radius 3 is 2.69 bits per heavy atom. The van der Waals surface area contributed by atoms with Gasteiger partial charge in [0.2, 0.25) is 5.91 Å². The Morgan fingerprint density at radius 1 is 1.44 bits per heavy atom. The molecule has 1 fully saturated rings. The Labute approximate surface area is 99.6 Å². The maximum Gasteiger partial charge on any atom is 0.240 e. The molecule has 1 rings (SSSR count). The molecule has 1 heterocycles. The van der Waals surface area contributed by atoms with Crippen molar-refractivity contribution in [3.05, 3.63) is 0 Å². The average molecular weight is 226 g/mol. The molecule has 0 aliphatic carbocycles. The number of rotatable bonds is 6. The summed E-state index contributed by atoms with van der Waals surface area (Å²) in [6.45, 7) is 9.51. The zero-order chi connectivity index (χ0) is 12.1. The van der Waals surface area contributed by atoms with Gasteiger partial charge in [-0.25, -0.2) is 0 Å². The van der Waals surface area contributed by atoms with E-state index in [-0.39, 0.29) is 18.1 Å². The van der Waals surface area contributed by atoms with Crippen LogP contribution in [0.3, 0.4) is 0 Å². The summed E-state index contributed by atoms with van der Waals surface area (Å²) < 4.78 is 0. The maximum atomic E-state index is 11.9. The Balaban J connectivity index is 2.43. The zero-order valence-electron chi connectivity index (χ0n) is 11.1. The molecule has 0 saturated carbocycles. The van der Waals surface area contributed by atoms with E-state index in [1.54, 1.807) is 0 Å². The number of nitrogens with zero attached hydrogens (tertiary/aromatic N) is 1. The van der Waals surface area contributed by atoms with E-state index in [1.807, 2.05) is 11.8 Å². The van der Waals surface area contributed by atoms with E-state index < -0.39 is 0 Å². The third kappa shape index (κ3) is 3.48. The zero-order valence-corrected chi connectivity index (χ0v) is 11.1. The molecule has 1 amide bonds. The van der Waals surface area contributed by atoms with E-state index in [4.69, 9.17) is 0 Å². The Bertz CT molecular complexity index is 228. The average Bonchev–Trinajstić information content (AvgIpc) is 2.46. The minimum absolute atomic E-state index is 0.00981. The fourth-order valence-electron chi connectivity index (χ4n) is 2.30. The largest absolute Gasteiger partial charge is 0.326 e. The second-order valence-corrected chi connectivity index (χ2v) is 5.26. The first-order valence-electron chi connectivity index (χ1n) is 6.62. The normalized spacial score (nSPS) is 25.8. The molecule has 3 heteroatoms. The van der Waals surface area contributed by atoms with Gasteiger partial charge >= 0.3 is 0 Å². The molecule has 2 unspecified atom stereocenters. The quantitative estimate of drug-likeness (QED) is 0.754. The van der Waals surface area contributed by atoms with Crippen molar-refractivity contribution < 1.29 is 4.79 Å². The van der Waals surface area contributed by atoms with E-state index in [2.05, 4.69) is 26.1 Å². The smallest absolute Gasteiger partial charge is 0.240 e. The first kappa shape index (κ1) is 13.5. The van der Waals surface area contributed by atoms with Crippen LogP contribution >= 0.6 is 0 Å². The lowest BCUT2D eigenvalue weighted by Crippen LogP contribution is -2.37. The molecular formula is C13H26N2O. The summed E-state index contributed by atoms with van der Waals surface area (Å²) in [5.41, 5.74) is 0. The van der Waals surface area contributed by atoms with Crippen molar-refractivity contribution in [1.82, 2.24) is 10.2 Å². The SMILES string of the molecule is CCCC1NC(C)C(=O)N1CCCC(C)C. The summed E-state index contributed by atoms with van der Waals surface area (Å²) >= 11 is 0. The van der Waals surface area contributed by atoms with Gasteiger partial charge in [-0.3, -0.25) is 10.1 Å². The topological polar surface area (TPSA) is 32.3 Å². The monoisotopic (exact) mass is 226 g/mol. The highest BCUT2D eigenvalue weighted by molar-refractivity contribution is 5.83. The van der Waals surface area contributed by atoms with Crippen LogP contribution in [0.25, 0.3) is 0 Å². The van der Waals surface area contributed by atoms with Gasteiger partial charge in [-0.15, -0.1) is 0 Å². The van der Waals surface area contributed by atoms with Gasteiger partial charge in [0.25, 0.3) is 0 Å². The van der Waals surface area contributed by atoms with Crippen molar-refractivity contribution in [1.29, 1.82) is 0 Å². The lowest BCUT2D eigenvalue weighted by molar-refractivity contribution is -0.129. The molecule has 3 nitrogen and oxygen atoms in total. The number of nitrogens with one attached hydrogen (secondary N) is 1. The number of amides is 1. The Hall–Kier alpha value is -0.570. The molecule has 16 heavy (non-hydrogen) atoms. The molecule has 1 aliphatic heterocycles. The van der Waals surface area contributed by atoms with Crippen molar-refractivity contribution in [2.75, 3.05) is 6.54 Å². The highest BCUT2D eigenvalue weighted by Gasteiger charge is 2.34. The molecule has 1 saturated heterocycles. The van der Waals surface area contributed by atoms with Gasteiger partial charge in [-0.1, -0.05) is 27.2 Å². The second-order valence-electron chi connectivity index (χ2n) is 5.26. The van der Waals surface area contributed by atoms with Crippen LogP contribution in [-0.2, 0) is 4.79 Å². The van der Waals surface area contributed by atoms with Crippen LogP contribution < -0.4 is 5.32 Å². The van der Waals surface area contributed by atoms with Gasteiger partial charge in [0, 0.05) is 6.54 Å². The van der Waals surface area contributed by atoms with Crippen LogP contribution in [0.1, 0.15) is 53.4 Å². The fourth-order valence-corrected chi connectivity index (χ4v) is 2.30. The van der Waals surface area contributed by atoms with Gasteiger partial charge in [0.1, 0.15) is 0 Å². The number of carbonyl (C=O) groups excluding carboxylic acids is 1. The number of carbonyl (C=O) groups is 1. The predicted molar refractivity (Wildman–Crippen MR) is 67.1 cm³/mol. The molecular weight excluding hydrogens is 200 g/mol. The summed E-state index contributed by atoms with van der Waals surface area (Å²) in [5, 5.41) is 3.37. The predicted octanol–water partition coefficient (Wildman–Crippen LogP) is 2.37. The van der Waals surface area contributed by atoms with Crippen LogP contribution in [0.4, 0.5) is 0 Å². The van der Waals surface area contributed by atoms with E-state index in [0.717, 1.165) is 31.7 Å². The first-order valence-corrected chi connectivity index (χ1v) is 6.62. The van der Waals surface area contributed by atoms with Gasteiger partial charge in [0.15, 0.2) is 0 Å². The summed E-state index contributed by atoms with van der Waals surface area (Å²) in [4.78, 5) is 14.0. The number of hydrogen-bond acceptors (Lipinski definition) is 2. The Kier molecular flexibility index (Phi) is 5.26. The van der Waals surface area contributed by atoms with Gasteiger partial charge in [-0.05, 0) is 32.1 Å². The number of hydrogen-bond donors (Lipinski definition) is 1. The summed E-state index contributed by atoms with van der Waals surface area (Å²) in [7, 11) is 0. The van der Waals surface area contributed by atoms with E-state index >= 15 is 0 Å². The molecule has 0 aromatic heterocycles. The molecule has 2 atom stereocenters. The second kappa shape index (κ2) is 6.24. The van der Waals surface area contributed by atoms with Crippen LogP contribution in [-0.4, -0.2) is 29.6 Å². The third-order valence-electron chi connectivity index (χ3n) is 3.21. The standard InChI is InChI=1S/C13H26N2O/c1-5-7-12-14-11(4)13(16)15(12)9-6-8-10(2)3/h10-12,14H,5-9H2,1-4H3. The van der Waals surface area contributed by atoms with E-state index in [9.17, 15) is 4.79 Å². The summed E-state index contributed by atoms with van der Waals surface area (Å²) in [5.74, 6) is 1.01. The highest BCUT2D eigenvalue weighted by Crippen LogP contribution is 2.16. The fraction of sp³-hybridized carbons (Fsp3) is 0.923. The van der Waals surface area contributed by atoms with Crippen LogP contribution in [0.5, 0.6) is 0 Å². The molecule has 0 aromatic rings. The first-order chi connectivity index (χ1) is 7.56. The molecule has 94 valence electrons. The van der Waals surface area contributed by atoms with Gasteiger partial charge in [0.05, 0.1) is 12.2 Å². The van der Waals surface area contributed by atoms with Gasteiger partial charge < -0.3 is 4.90 Å². The van der Waals surface area contributed by atoms with E-state index in [0.29, 0.717) is 0 Å². The maximum absolute atomic E-state index is 11.9.